The first kappa shape index (κ1) is 40.0. The molecule has 7 atom stereocenters. The molecule has 0 aliphatic carbocycles. The van der Waals surface area contributed by atoms with Crippen LogP contribution >= 0.6 is 6.72 Å². The first-order valence-electron chi connectivity index (χ1n) is 17.0. The minimum Gasteiger partial charge on any atom is -0.414 e. The molecule has 284 valence electrons. The Morgan fingerprint density at radius 2 is 1.55 bits per heavy atom. The highest BCUT2D eigenvalue weighted by molar-refractivity contribution is 8.07. The Labute approximate surface area is 306 Å². The minimum atomic E-state index is -3.89. The number of rotatable bonds is 12. The van der Waals surface area contributed by atoms with Crippen LogP contribution in [0.15, 0.2) is 29.7 Å². The lowest BCUT2D eigenvalue weighted by atomic mass is 10.2. The summed E-state index contributed by atoms with van der Waals surface area (Å²) in [6, 6.07) is 1.54. The maximum Gasteiger partial charge on any atom is 0.351 e. The van der Waals surface area contributed by atoms with E-state index in [9.17, 15) is 9.69 Å². The van der Waals surface area contributed by atoms with Gasteiger partial charge in [-0.3, -0.25) is 9.13 Å². The van der Waals surface area contributed by atoms with Gasteiger partial charge in [0.2, 0.25) is 0 Å². The second-order valence-corrected chi connectivity index (χ2v) is 28.6. The topological polar surface area (TPSA) is 206 Å². The number of anilines is 2. The van der Waals surface area contributed by atoms with E-state index in [2.05, 4.69) is 87.7 Å². The molecule has 3 aromatic heterocycles. The molecule has 0 bridgehead atoms. The summed E-state index contributed by atoms with van der Waals surface area (Å²) in [7, 11) is -4.48. The highest BCUT2D eigenvalue weighted by Gasteiger charge is 2.47. The standard InChI is InChI=1S/C31H53N8O8PSSi2/c1-30(2,3)50(7,8)43-16-22-19(13-25(45-22)39-18-36-26-27(33)34-17-35-28(26)39)46-48(41,49)42-15-21-20(47-51(9,10)31(4,5)6)14-24(44-21)38-12-11-23(32)37-29(38)40/h11-12,17-22,24-25H,13-16H2,1-10H3,(H,41,49)(H2,32,37,40)(H2,33,34,35). The monoisotopic (exact) mass is 784 g/mol. The maximum absolute atomic E-state index is 12.7. The molecule has 16 nitrogen and oxygen atoms in total. The van der Waals surface area contributed by atoms with Gasteiger partial charge in [0.25, 0.3) is 0 Å². The summed E-state index contributed by atoms with van der Waals surface area (Å²) >= 11 is 5.59. The average molecular weight is 785 g/mol. The van der Waals surface area contributed by atoms with E-state index in [0.29, 0.717) is 24.0 Å². The lowest BCUT2D eigenvalue weighted by Crippen LogP contribution is -2.46. The van der Waals surface area contributed by atoms with Crippen molar-refractivity contribution in [2.24, 2.45) is 0 Å². The quantitative estimate of drug-likeness (QED) is 0.166. The fourth-order valence-electron chi connectivity index (χ4n) is 5.43. The predicted octanol–water partition coefficient (Wildman–Crippen LogP) is 4.85. The second kappa shape index (κ2) is 14.6. The molecule has 5 rings (SSSR count). The lowest BCUT2D eigenvalue weighted by Gasteiger charge is -2.39. The van der Waals surface area contributed by atoms with Gasteiger partial charge in [0, 0.05) is 19.0 Å². The van der Waals surface area contributed by atoms with E-state index in [-0.39, 0.29) is 34.9 Å². The number of hydrogen-bond donors (Lipinski definition) is 3. The minimum absolute atomic E-state index is 0.0407. The van der Waals surface area contributed by atoms with E-state index in [1.165, 1.54) is 17.0 Å². The Morgan fingerprint density at radius 1 is 0.941 bits per heavy atom. The van der Waals surface area contributed by atoms with E-state index < -0.39 is 65.9 Å². The number of nitrogens with two attached hydrogens (primary N) is 2. The summed E-state index contributed by atoms with van der Waals surface area (Å²) in [6.07, 6.45) is 1.52. The summed E-state index contributed by atoms with van der Waals surface area (Å²) < 4.78 is 41.5. The fraction of sp³-hybridized carbons (Fsp3) is 0.710. The summed E-state index contributed by atoms with van der Waals surface area (Å²) in [5.41, 5.74) is 12.2. The van der Waals surface area contributed by atoms with Crippen LogP contribution in [0.4, 0.5) is 11.6 Å². The molecule has 5 heterocycles. The van der Waals surface area contributed by atoms with Crippen molar-refractivity contribution in [2.75, 3.05) is 24.7 Å². The Hall–Kier alpha value is -2.17. The third-order valence-electron chi connectivity index (χ3n) is 10.6. The Kier molecular flexibility index (Phi) is 11.4. The zero-order valence-electron chi connectivity index (χ0n) is 31.1. The van der Waals surface area contributed by atoms with Crippen molar-refractivity contribution in [2.45, 2.75) is 128 Å². The molecule has 0 amide bonds. The molecule has 2 fully saturated rings. The van der Waals surface area contributed by atoms with Crippen LogP contribution in [0.25, 0.3) is 11.2 Å². The molecule has 2 aliphatic heterocycles. The van der Waals surface area contributed by atoms with Gasteiger partial charge in [-0.2, -0.15) is 4.98 Å². The lowest BCUT2D eigenvalue weighted by molar-refractivity contribution is -0.0498. The Bertz CT molecular complexity index is 1820. The molecular formula is C31H53N8O8PSSi2. The first-order valence-corrected chi connectivity index (χ1v) is 25.4. The normalized spacial score (nSPS) is 26.2. The Morgan fingerprint density at radius 3 is 2.18 bits per heavy atom. The zero-order valence-corrected chi connectivity index (χ0v) is 34.8. The largest absolute Gasteiger partial charge is 0.414 e. The van der Waals surface area contributed by atoms with Gasteiger partial charge in [0.15, 0.2) is 28.1 Å². The van der Waals surface area contributed by atoms with Crippen LogP contribution in [-0.4, -0.2) is 88.2 Å². The fourth-order valence-corrected chi connectivity index (χ4v) is 9.28. The SMILES string of the molecule is CC(C)(C)[Si](C)(C)OCC1OC(n2cnc3c(N)ncnc32)CC1OP(O)(=S)OCC1OC(n2ccc(N)nc2=O)CC1O[Si](C)(C)C(C)(C)C. The zero-order chi connectivity index (χ0) is 37.7. The first-order chi connectivity index (χ1) is 23.5. The van der Waals surface area contributed by atoms with Gasteiger partial charge in [0.1, 0.15) is 42.3 Å². The van der Waals surface area contributed by atoms with Crippen LogP contribution in [0, 0.1) is 0 Å². The molecule has 0 aromatic carbocycles. The van der Waals surface area contributed by atoms with Crippen LogP contribution in [0.2, 0.25) is 36.3 Å². The molecule has 0 spiro atoms. The molecule has 0 saturated carbocycles. The maximum atomic E-state index is 12.7. The molecule has 5 N–H and O–H groups in total. The van der Waals surface area contributed by atoms with Gasteiger partial charge < -0.3 is 43.7 Å². The number of hydrogen-bond acceptors (Lipinski definition) is 14. The molecule has 51 heavy (non-hydrogen) atoms. The molecule has 2 saturated heterocycles. The smallest absolute Gasteiger partial charge is 0.351 e. The average Bonchev–Trinajstić information content (AvgIpc) is 3.71. The van der Waals surface area contributed by atoms with E-state index in [1.807, 2.05) is 0 Å². The number of imidazole rings is 1. The van der Waals surface area contributed by atoms with Crippen molar-refractivity contribution < 1.29 is 32.3 Å². The molecule has 20 heteroatoms. The van der Waals surface area contributed by atoms with Crippen molar-refractivity contribution >= 4 is 58.0 Å². The molecule has 2 aliphatic rings. The molecular weight excluding hydrogens is 732 g/mol. The summed E-state index contributed by atoms with van der Waals surface area (Å²) in [5.74, 6) is 0.373. The van der Waals surface area contributed by atoms with Crippen molar-refractivity contribution in [1.29, 1.82) is 0 Å². The highest BCUT2D eigenvalue weighted by Crippen LogP contribution is 2.50. The van der Waals surface area contributed by atoms with Crippen LogP contribution in [-0.2, 0) is 39.2 Å². The summed E-state index contributed by atoms with van der Waals surface area (Å²) in [4.78, 5) is 40.9. The van der Waals surface area contributed by atoms with Gasteiger partial charge in [-0.1, -0.05) is 41.5 Å². The number of fused-ring (bicyclic) bond motifs is 1. The van der Waals surface area contributed by atoms with E-state index in [1.54, 1.807) is 17.1 Å². The van der Waals surface area contributed by atoms with Gasteiger partial charge in [0.05, 0.1) is 31.7 Å². The second-order valence-electron chi connectivity index (χ2n) is 16.3. The van der Waals surface area contributed by atoms with Gasteiger partial charge >= 0.3 is 12.4 Å². The van der Waals surface area contributed by atoms with E-state index >= 15 is 0 Å². The van der Waals surface area contributed by atoms with E-state index in [4.69, 9.17) is 50.6 Å². The Balaban J connectivity index is 1.34. The van der Waals surface area contributed by atoms with Crippen LogP contribution < -0.4 is 17.2 Å². The molecule has 3 aromatic rings. The van der Waals surface area contributed by atoms with Gasteiger partial charge in [-0.05, 0) is 54.1 Å². The van der Waals surface area contributed by atoms with Crippen molar-refractivity contribution in [3.8, 4) is 0 Å². The third kappa shape index (κ3) is 8.97. The van der Waals surface area contributed by atoms with Crippen LogP contribution in [0.1, 0.15) is 66.8 Å². The molecule has 7 unspecified atom stereocenters. The number of nitrogens with zero attached hydrogens (tertiary/aromatic N) is 6. The van der Waals surface area contributed by atoms with Gasteiger partial charge in [-0.25, -0.2) is 19.7 Å². The van der Waals surface area contributed by atoms with Crippen LogP contribution in [0.3, 0.4) is 0 Å². The number of nitrogen functional groups attached to an aromatic ring is 2. The van der Waals surface area contributed by atoms with Crippen molar-refractivity contribution in [1.82, 2.24) is 29.1 Å². The summed E-state index contributed by atoms with van der Waals surface area (Å²) in [5, 5.41) is -0.134. The number of aromatic nitrogens is 6. The van der Waals surface area contributed by atoms with E-state index in [0.717, 1.165) is 0 Å². The van der Waals surface area contributed by atoms with Gasteiger partial charge in [-0.15, -0.1) is 0 Å². The molecule has 0 radical (unpaired) electrons. The van der Waals surface area contributed by atoms with Crippen molar-refractivity contribution in [3.63, 3.8) is 0 Å². The predicted molar refractivity (Wildman–Crippen MR) is 202 cm³/mol. The van der Waals surface area contributed by atoms with Crippen LogP contribution in [0.5, 0.6) is 0 Å². The summed E-state index contributed by atoms with van der Waals surface area (Å²) in [6.45, 7) is 17.7. The highest BCUT2D eigenvalue weighted by atomic mass is 32.5. The number of ether oxygens (including phenoxy) is 2. The van der Waals surface area contributed by atoms with Crippen molar-refractivity contribution in [3.05, 3.63) is 35.4 Å². The third-order valence-corrected chi connectivity index (χ3v) is 21.1.